The third-order valence-electron chi connectivity index (χ3n) is 4.19. The zero-order valence-corrected chi connectivity index (χ0v) is 14.2. The van der Waals surface area contributed by atoms with E-state index in [-0.39, 0.29) is 22.8 Å². The second-order valence-electron chi connectivity index (χ2n) is 6.08. The molecule has 0 bridgehead atoms. The van der Waals surface area contributed by atoms with Gasteiger partial charge in [-0.25, -0.2) is 0 Å². The van der Waals surface area contributed by atoms with Crippen LogP contribution in [0.2, 0.25) is 0 Å². The molecule has 0 aliphatic rings. The Kier molecular flexibility index (Phi) is 6.79. The number of hydrogen-bond donors (Lipinski definition) is 2. The summed E-state index contributed by atoms with van der Waals surface area (Å²) in [6.07, 6.45) is 10.6. The number of aromatic hydroxyl groups is 2. The van der Waals surface area contributed by atoms with Crippen molar-refractivity contribution >= 4 is 5.78 Å². The van der Waals surface area contributed by atoms with Gasteiger partial charge < -0.3 is 10.2 Å². The molecule has 4 nitrogen and oxygen atoms in total. The van der Waals surface area contributed by atoms with E-state index >= 15 is 0 Å². The highest BCUT2D eigenvalue weighted by atomic mass is 16.3. The van der Waals surface area contributed by atoms with E-state index in [1.165, 1.54) is 37.8 Å². The van der Waals surface area contributed by atoms with E-state index in [0.717, 1.165) is 12.8 Å². The number of nitrogens with zero attached hydrogens (tertiary/aromatic N) is 1. The minimum absolute atomic E-state index is 0.0130. The molecule has 128 valence electrons. The van der Waals surface area contributed by atoms with Gasteiger partial charge in [0.1, 0.15) is 11.5 Å². The number of ketones is 1. The number of hydrogen-bond acceptors (Lipinski definition) is 4. The number of carbonyl (C=O) groups is 1. The van der Waals surface area contributed by atoms with Crippen LogP contribution < -0.4 is 0 Å². The van der Waals surface area contributed by atoms with Crippen LogP contribution in [0, 0.1) is 0 Å². The number of unbranched alkanes of at least 4 members (excludes halogenated alkanes) is 5. The van der Waals surface area contributed by atoms with Crippen LogP contribution in [0.3, 0.4) is 0 Å². The van der Waals surface area contributed by atoms with Gasteiger partial charge in [-0.2, -0.15) is 0 Å². The molecule has 0 spiro atoms. The van der Waals surface area contributed by atoms with Gasteiger partial charge in [0, 0.05) is 29.1 Å². The Labute approximate surface area is 143 Å². The lowest BCUT2D eigenvalue weighted by atomic mass is 9.98. The molecule has 24 heavy (non-hydrogen) atoms. The predicted molar refractivity (Wildman–Crippen MR) is 94.5 cm³/mol. The van der Waals surface area contributed by atoms with Crippen molar-refractivity contribution in [2.75, 3.05) is 0 Å². The van der Waals surface area contributed by atoms with Crippen molar-refractivity contribution in [3.8, 4) is 11.5 Å². The number of pyridine rings is 1. The summed E-state index contributed by atoms with van der Waals surface area (Å²) in [4.78, 5) is 16.3. The van der Waals surface area contributed by atoms with Crippen LogP contribution in [0.25, 0.3) is 0 Å². The summed E-state index contributed by atoms with van der Waals surface area (Å²) in [5, 5.41) is 20.4. The quantitative estimate of drug-likeness (QED) is 0.520. The highest BCUT2D eigenvalue weighted by Crippen LogP contribution is 2.31. The Bertz CT molecular complexity index is 645. The van der Waals surface area contributed by atoms with Gasteiger partial charge >= 0.3 is 0 Å². The molecule has 4 heteroatoms. The summed E-state index contributed by atoms with van der Waals surface area (Å²) in [5.74, 6) is -0.268. The molecule has 0 saturated carbocycles. The molecular weight excluding hydrogens is 302 g/mol. The standard InChI is InChI=1S/C20H25NO3/c1-2-3-4-5-6-7-8-17-18(22)13-16(14-19(17)23)20(24)15-9-11-21-12-10-15/h9-14,22-23H,2-8H2,1H3. The Morgan fingerprint density at radius 1 is 0.917 bits per heavy atom. The van der Waals surface area contributed by atoms with Gasteiger partial charge in [0.15, 0.2) is 5.78 Å². The fraction of sp³-hybridized carbons (Fsp3) is 0.400. The van der Waals surface area contributed by atoms with Crippen LogP contribution in [0.4, 0.5) is 0 Å². The van der Waals surface area contributed by atoms with Crippen molar-refractivity contribution in [2.45, 2.75) is 51.9 Å². The van der Waals surface area contributed by atoms with Crippen LogP contribution in [0.15, 0.2) is 36.7 Å². The molecule has 0 radical (unpaired) electrons. The van der Waals surface area contributed by atoms with E-state index in [0.29, 0.717) is 17.5 Å². The largest absolute Gasteiger partial charge is 0.508 e. The van der Waals surface area contributed by atoms with E-state index < -0.39 is 0 Å². The van der Waals surface area contributed by atoms with E-state index in [1.807, 2.05) is 0 Å². The predicted octanol–water partition coefficient (Wildman–Crippen LogP) is 4.63. The Hall–Kier alpha value is -2.36. The van der Waals surface area contributed by atoms with Gasteiger partial charge in [-0.15, -0.1) is 0 Å². The molecule has 0 aliphatic heterocycles. The number of rotatable bonds is 9. The number of aromatic nitrogens is 1. The summed E-state index contributed by atoms with van der Waals surface area (Å²) in [6, 6.07) is 6.10. The lowest BCUT2D eigenvalue weighted by molar-refractivity contribution is 0.103. The van der Waals surface area contributed by atoms with Crippen molar-refractivity contribution in [2.24, 2.45) is 0 Å². The average Bonchev–Trinajstić information content (AvgIpc) is 2.59. The smallest absolute Gasteiger partial charge is 0.193 e. The van der Waals surface area contributed by atoms with Crippen LogP contribution in [-0.4, -0.2) is 21.0 Å². The first-order chi connectivity index (χ1) is 11.6. The molecule has 0 aliphatic carbocycles. The van der Waals surface area contributed by atoms with E-state index in [4.69, 9.17) is 0 Å². The Balaban J connectivity index is 2.02. The van der Waals surface area contributed by atoms with Gasteiger partial charge in [-0.3, -0.25) is 9.78 Å². The zero-order chi connectivity index (χ0) is 17.4. The van der Waals surface area contributed by atoms with Crippen LogP contribution in [0.5, 0.6) is 11.5 Å². The Morgan fingerprint density at radius 2 is 1.50 bits per heavy atom. The molecule has 1 aromatic heterocycles. The molecule has 2 rings (SSSR count). The van der Waals surface area contributed by atoms with Crippen LogP contribution in [-0.2, 0) is 6.42 Å². The summed E-state index contributed by atoms with van der Waals surface area (Å²) < 4.78 is 0. The number of phenols is 2. The molecule has 0 atom stereocenters. The van der Waals surface area contributed by atoms with Crippen molar-refractivity contribution < 1.29 is 15.0 Å². The summed E-state index contributed by atoms with van der Waals surface area (Å²) >= 11 is 0. The lowest BCUT2D eigenvalue weighted by Gasteiger charge is -2.10. The normalized spacial score (nSPS) is 10.7. The number of phenolic OH excluding ortho intramolecular Hbond substituents is 2. The van der Waals surface area contributed by atoms with E-state index in [1.54, 1.807) is 24.5 Å². The second-order valence-corrected chi connectivity index (χ2v) is 6.08. The van der Waals surface area contributed by atoms with Crippen molar-refractivity contribution in [1.82, 2.24) is 4.98 Å². The molecule has 1 heterocycles. The lowest BCUT2D eigenvalue weighted by Crippen LogP contribution is -2.02. The third kappa shape index (κ3) is 4.82. The Morgan fingerprint density at radius 3 is 2.12 bits per heavy atom. The van der Waals surface area contributed by atoms with Crippen molar-refractivity contribution in [1.29, 1.82) is 0 Å². The SMILES string of the molecule is CCCCCCCCc1c(O)cc(C(=O)c2ccncc2)cc1O. The van der Waals surface area contributed by atoms with Crippen LogP contribution >= 0.6 is 0 Å². The molecular formula is C20H25NO3. The maximum Gasteiger partial charge on any atom is 0.193 e. The number of benzene rings is 1. The van der Waals surface area contributed by atoms with Crippen molar-refractivity contribution in [3.63, 3.8) is 0 Å². The topological polar surface area (TPSA) is 70.4 Å². The van der Waals surface area contributed by atoms with E-state index in [2.05, 4.69) is 11.9 Å². The van der Waals surface area contributed by atoms with Crippen LogP contribution in [0.1, 0.15) is 66.9 Å². The first kappa shape index (κ1) is 18.0. The average molecular weight is 327 g/mol. The minimum Gasteiger partial charge on any atom is -0.508 e. The fourth-order valence-corrected chi connectivity index (χ4v) is 2.78. The highest BCUT2D eigenvalue weighted by molar-refractivity contribution is 6.09. The summed E-state index contributed by atoms with van der Waals surface area (Å²) in [5.41, 5.74) is 1.28. The first-order valence-electron chi connectivity index (χ1n) is 8.63. The number of carbonyl (C=O) groups excluding carboxylic acids is 1. The zero-order valence-electron chi connectivity index (χ0n) is 14.2. The van der Waals surface area contributed by atoms with Gasteiger partial charge in [-0.05, 0) is 37.1 Å². The second kappa shape index (κ2) is 9.06. The first-order valence-corrected chi connectivity index (χ1v) is 8.63. The van der Waals surface area contributed by atoms with Gasteiger partial charge in [0.2, 0.25) is 0 Å². The van der Waals surface area contributed by atoms with Gasteiger partial charge in [0.05, 0.1) is 0 Å². The monoisotopic (exact) mass is 327 g/mol. The molecule has 2 aromatic rings. The third-order valence-corrected chi connectivity index (χ3v) is 4.19. The molecule has 2 N–H and O–H groups in total. The molecule has 0 unspecified atom stereocenters. The van der Waals surface area contributed by atoms with Gasteiger partial charge in [-0.1, -0.05) is 39.0 Å². The fourth-order valence-electron chi connectivity index (χ4n) is 2.78. The van der Waals surface area contributed by atoms with Crippen molar-refractivity contribution in [3.05, 3.63) is 53.3 Å². The molecule has 0 amide bonds. The van der Waals surface area contributed by atoms with Gasteiger partial charge in [0.25, 0.3) is 0 Å². The maximum atomic E-state index is 12.4. The summed E-state index contributed by atoms with van der Waals surface area (Å²) in [7, 11) is 0. The molecule has 0 saturated heterocycles. The highest BCUT2D eigenvalue weighted by Gasteiger charge is 2.15. The van der Waals surface area contributed by atoms with E-state index in [9.17, 15) is 15.0 Å². The molecule has 1 aromatic carbocycles. The molecule has 0 fully saturated rings. The maximum absolute atomic E-state index is 12.4. The summed E-state index contributed by atoms with van der Waals surface area (Å²) in [6.45, 7) is 2.19. The minimum atomic E-state index is -0.242.